The molecule has 0 heterocycles. The molecular formula is C38H38. The van der Waals surface area contributed by atoms with Crippen molar-refractivity contribution in [1.82, 2.24) is 0 Å². The van der Waals surface area contributed by atoms with Crippen LogP contribution in [0.5, 0.6) is 0 Å². The van der Waals surface area contributed by atoms with Gasteiger partial charge in [-0.2, -0.15) is 0 Å². The Bertz CT molecular complexity index is 1480. The molecule has 0 amide bonds. The van der Waals surface area contributed by atoms with Crippen LogP contribution in [0.15, 0.2) is 134 Å². The van der Waals surface area contributed by atoms with Crippen LogP contribution in [0.2, 0.25) is 0 Å². The summed E-state index contributed by atoms with van der Waals surface area (Å²) in [4.78, 5) is 0. The lowest BCUT2D eigenvalue weighted by Crippen LogP contribution is -1.91. The standard InChI is InChI=1S/C38H38/c1-7-11-15-28(10-4)29-19-21-30(22-20-29)31-23-25-32(26-24-31)33-17-13-18-35-34(14-9-3)37(27(5)6)36(38(33)35)16-12-8-2/h7-8,10-13,15-26H,1,5,9,14H2,2-4,6H3/b12-8-,15-11-,28-10+,36-16+. The summed E-state index contributed by atoms with van der Waals surface area (Å²) in [5.74, 6) is 0. The van der Waals surface area contributed by atoms with E-state index in [9.17, 15) is 0 Å². The van der Waals surface area contributed by atoms with Crippen LogP contribution < -0.4 is 0 Å². The zero-order chi connectivity index (χ0) is 27.1. The highest BCUT2D eigenvalue weighted by molar-refractivity contribution is 6.07. The third-order valence-corrected chi connectivity index (χ3v) is 7.08. The molecule has 3 aromatic rings. The lowest BCUT2D eigenvalue weighted by Gasteiger charge is -2.13. The van der Waals surface area contributed by atoms with E-state index >= 15 is 0 Å². The average molecular weight is 495 g/mol. The molecule has 1 aliphatic carbocycles. The molecule has 1 aliphatic rings. The fourth-order valence-electron chi connectivity index (χ4n) is 5.34. The molecule has 0 aromatic heterocycles. The summed E-state index contributed by atoms with van der Waals surface area (Å²) in [7, 11) is 0. The average Bonchev–Trinajstić information content (AvgIpc) is 3.26. The Kier molecular flexibility index (Phi) is 8.77. The van der Waals surface area contributed by atoms with E-state index in [-0.39, 0.29) is 0 Å². The highest BCUT2D eigenvalue weighted by Crippen LogP contribution is 2.49. The van der Waals surface area contributed by atoms with Crippen LogP contribution in [0.25, 0.3) is 39.0 Å². The number of hydrogen-bond donors (Lipinski definition) is 0. The maximum Gasteiger partial charge on any atom is -0.00236 e. The van der Waals surface area contributed by atoms with Gasteiger partial charge in [-0.3, -0.25) is 0 Å². The summed E-state index contributed by atoms with van der Waals surface area (Å²) in [5.41, 5.74) is 15.2. The largest absolute Gasteiger partial charge is 0.0991 e. The van der Waals surface area contributed by atoms with Crippen LogP contribution >= 0.6 is 0 Å². The number of allylic oxidation sites excluding steroid dienone is 12. The molecule has 0 saturated carbocycles. The summed E-state index contributed by atoms with van der Waals surface area (Å²) in [6.07, 6.45) is 16.7. The van der Waals surface area contributed by atoms with Gasteiger partial charge < -0.3 is 0 Å². The van der Waals surface area contributed by atoms with Gasteiger partial charge in [-0.15, -0.1) is 0 Å². The minimum Gasteiger partial charge on any atom is -0.0991 e. The van der Waals surface area contributed by atoms with E-state index in [0.29, 0.717) is 0 Å². The van der Waals surface area contributed by atoms with Crippen molar-refractivity contribution < 1.29 is 0 Å². The molecule has 0 unspecified atom stereocenters. The zero-order valence-electron chi connectivity index (χ0n) is 23.2. The van der Waals surface area contributed by atoms with Crippen molar-refractivity contribution in [1.29, 1.82) is 0 Å². The van der Waals surface area contributed by atoms with E-state index in [1.54, 1.807) is 6.08 Å². The van der Waals surface area contributed by atoms with Gasteiger partial charge in [0, 0.05) is 0 Å². The third kappa shape index (κ3) is 5.41. The predicted octanol–water partition coefficient (Wildman–Crippen LogP) is 11.3. The first kappa shape index (κ1) is 26.9. The Morgan fingerprint density at radius 1 is 0.816 bits per heavy atom. The normalized spacial score (nSPS) is 14.6. The van der Waals surface area contributed by atoms with Crippen molar-refractivity contribution in [2.75, 3.05) is 0 Å². The van der Waals surface area contributed by atoms with Crippen molar-refractivity contribution in [3.63, 3.8) is 0 Å². The smallest absolute Gasteiger partial charge is 0.00236 e. The fourth-order valence-corrected chi connectivity index (χ4v) is 5.34. The summed E-state index contributed by atoms with van der Waals surface area (Å²) in [6.45, 7) is 16.7. The molecule has 0 nitrogen and oxygen atoms in total. The Morgan fingerprint density at radius 2 is 1.45 bits per heavy atom. The Balaban J connectivity index is 1.73. The van der Waals surface area contributed by atoms with E-state index in [4.69, 9.17) is 0 Å². The predicted molar refractivity (Wildman–Crippen MR) is 170 cm³/mol. The summed E-state index contributed by atoms with van der Waals surface area (Å²) in [5, 5.41) is 0. The number of benzene rings is 3. The topological polar surface area (TPSA) is 0 Å². The lowest BCUT2D eigenvalue weighted by atomic mass is 9.90. The highest BCUT2D eigenvalue weighted by Gasteiger charge is 2.28. The van der Waals surface area contributed by atoms with Crippen molar-refractivity contribution in [3.05, 3.63) is 150 Å². The first-order valence-corrected chi connectivity index (χ1v) is 13.6. The second-order valence-electron chi connectivity index (χ2n) is 9.71. The van der Waals surface area contributed by atoms with Gasteiger partial charge in [0.15, 0.2) is 0 Å². The van der Waals surface area contributed by atoms with Gasteiger partial charge in [0.25, 0.3) is 0 Å². The van der Waals surface area contributed by atoms with Crippen LogP contribution in [0, 0.1) is 0 Å². The van der Waals surface area contributed by atoms with E-state index in [2.05, 4.69) is 138 Å². The van der Waals surface area contributed by atoms with Gasteiger partial charge in [0.05, 0.1) is 0 Å². The van der Waals surface area contributed by atoms with Gasteiger partial charge in [-0.25, -0.2) is 0 Å². The minimum absolute atomic E-state index is 1.05. The third-order valence-electron chi connectivity index (χ3n) is 7.08. The fraction of sp³-hybridized carbons (Fsp3) is 0.158. The van der Waals surface area contributed by atoms with Crippen LogP contribution in [-0.4, -0.2) is 0 Å². The van der Waals surface area contributed by atoms with E-state index < -0.39 is 0 Å². The van der Waals surface area contributed by atoms with Crippen molar-refractivity contribution in [2.24, 2.45) is 0 Å². The number of hydrogen-bond acceptors (Lipinski definition) is 0. The van der Waals surface area contributed by atoms with Gasteiger partial charge in [0.2, 0.25) is 0 Å². The molecule has 0 atom stereocenters. The molecule has 0 radical (unpaired) electrons. The van der Waals surface area contributed by atoms with E-state index in [1.807, 2.05) is 6.08 Å². The van der Waals surface area contributed by atoms with Gasteiger partial charge in [0.1, 0.15) is 0 Å². The second-order valence-corrected chi connectivity index (χ2v) is 9.71. The van der Waals surface area contributed by atoms with Gasteiger partial charge in [-0.05, 0) is 88.4 Å². The Morgan fingerprint density at radius 3 is 2.03 bits per heavy atom. The summed E-state index contributed by atoms with van der Waals surface area (Å²) >= 11 is 0. The number of rotatable bonds is 9. The molecule has 0 heteroatoms. The molecule has 0 fully saturated rings. The quantitative estimate of drug-likeness (QED) is 0.259. The molecule has 0 N–H and O–H groups in total. The molecule has 190 valence electrons. The Labute approximate surface area is 229 Å². The van der Waals surface area contributed by atoms with Gasteiger partial charge in [-0.1, -0.05) is 141 Å². The molecule has 0 spiro atoms. The molecule has 0 aliphatic heterocycles. The summed E-state index contributed by atoms with van der Waals surface area (Å²) in [6, 6.07) is 24.5. The number of fused-ring (bicyclic) bond motifs is 1. The first-order chi connectivity index (χ1) is 18.5. The zero-order valence-corrected chi connectivity index (χ0v) is 23.2. The molecule has 0 saturated heterocycles. The minimum atomic E-state index is 1.05. The SMILES string of the molecule is C=C/C=C\C(=C/C)c1ccc(-c2ccc(-c3cccc4c3/C(=C/C=C\C)C(C(=C)C)=C4CCC)cc2)cc1. The van der Waals surface area contributed by atoms with Crippen LogP contribution in [0.4, 0.5) is 0 Å². The first-order valence-electron chi connectivity index (χ1n) is 13.6. The van der Waals surface area contributed by atoms with Crippen LogP contribution in [-0.2, 0) is 0 Å². The highest BCUT2D eigenvalue weighted by atomic mass is 14.3. The van der Waals surface area contributed by atoms with E-state index in [0.717, 1.165) is 18.4 Å². The Hall–Kier alpha value is -4.16. The van der Waals surface area contributed by atoms with Crippen molar-refractivity contribution in [2.45, 2.75) is 40.5 Å². The monoisotopic (exact) mass is 494 g/mol. The lowest BCUT2D eigenvalue weighted by molar-refractivity contribution is 0.972. The summed E-state index contributed by atoms with van der Waals surface area (Å²) < 4.78 is 0. The van der Waals surface area contributed by atoms with E-state index in [1.165, 1.54) is 61.2 Å². The maximum atomic E-state index is 4.36. The van der Waals surface area contributed by atoms with Crippen molar-refractivity contribution >= 4 is 16.7 Å². The molecular weight excluding hydrogens is 456 g/mol. The molecule has 4 rings (SSSR count). The van der Waals surface area contributed by atoms with Crippen LogP contribution in [0.1, 0.15) is 57.2 Å². The van der Waals surface area contributed by atoms with Crippen molar-refractivity contribution in [3.8, 4) is 22.3 Å². The molecule has 38 heavy (non-hydrogen) atoms. The van der Waals surface area contributed by atoms with Crippen LogP contribution in [0.3, 0.4) is 0 Å². The second kappa shape index (κ2) is 12.4. The maximum absolute atomic E-state index is 4.36. The molecule has 3 aromatic carbocycles. The molecule has 0 bridgehead atoms. The van der Waals surface area contributed by atoms with Gasteiger partial charge >= 0.3 is 0 Å².